The van der Waals surface area contributed by atoms with Gasteiger partial charge < -0.3 is 9.47 Å². The van der Waals surface area contributed by atoms with Crippen LogP contribution in [0.25, 0.3) is 44.6 Å². The summed E-state index contributed by atoms with van der Waals surface area (Å²) in [6, 6.07) is 38.6. The first-order valence-corrected chi connectivity index (χ1v) is 23.4. The van der Waals surface area contributed by atoms with Crippen LogP contribution >= 0.6 is 0 Å². The summed E-state index contributed by atoms with van der Waals surface area (Å²) >= 11 is 0. The molecule has 0 spiro atoms. The fraction of sp³-hybridized carbons (Fsp3) is 0.473. The molecular weight excluding hydrogens is 707 g/mol. The lowest BCUT2D eigenvalue weighted by Gasteiger charge is -2.33. The van der Waals surface area contributed by atoms with Gasteiger partial charge in [-0.05, 0) is 107 Å². The van der Waals surface area contributed by atoms with E-state index in [1.54, 1.807) is 5.56 Å². The van der Waals surface area contributed by atoms with E-state index in [0.717, 1.165) is 30.9 Å². The summed E-state index contributed by atoms with van der Waals surface area (Å²) in [5.41, 5.74) is 13.3. The Morgan fingerprint density at radius 1 is 0.534 bits per heavy atom. The summed E-state index contributed by atoms with van der Waals surface area (Å²) in [7, 11) is 0. The lowest BCUT2D eigenvalue weighted by molar-refractivity contribution is -0.105. The predicted molar refractivity (Wildman–Crippen MR) is 245 cm³/mol. The molecule has 1 aliphatic heterocycles. The van der Waals surface area contributed by atoms with Crippen molar-refractivity contribution >= 4 is 0 Å². The fourth-order valence-corrected chi connectivity index (χ4v) is 9.69. The van der Waals surface area contributed by atoms with Gasteiger partial charge in [-0.1, -0.05) is 183 Å². The van der Waals surface area contributed by atoms with Crippen molar-refractivity contribution in [3.63, 3.8) is 0 Å². The smallest absolute Gasteiger partial charge is 0.199 e. The van der Waals surface area contributed by atoms with Crippen LogP contribution in [0.4, 0.5) is 0 Å². The van der Waals surface area contributed by atoms with Crippen molar-refractivity contribution in [3.05, 3.63) is 120 Å². The van der Waals surface area contributed by atoms with E-state index in [2.05, 4.69) is 111 Å². The van der Waals surface area contributed by atoms with Gasteiger partial charge in [0.2, 0.25) is 0 Å². The normalized spacial score (nSPS) is 15.6. The number of pyridine rings is 1. The minimum Gasteiger partial charge on any atom is -0.465 e. The van der Waals surface area contributed by atoms with Crippen LogP contribution in [0.1, 0.15) is 160 Å². The molecule has 0 N–H and O–H groups in total. The molecule has 1 aliphatic carbocycles. The number of benzene rings is 4. The zero-order chi connectivity index (χ0) is 39.8. The van der Waals surface area contributed by atoms with Crippen LogP contribution in [0.15, 0.2) is 109 Å². The van der Waals surface area contributed by atoms with Gasteiger partial charge in [0.25, 0.3) is 0 Å². The molecule has 3 nitrogen and oxygen atoms in total. The van der Waals surface area contributed by atoms with E-state index in [0.29, 0.717) is 0 Å². The Hall–Kier alpha value is -4.21. The van der Waals surface area contributed by atoms with Gasteiger partial charge in [0.05, 0.1) is 12.3 Å². The number of aromatic nitrogens is 1. The van der Waals surface area contributed by atoms with Gasteiger partial charge in [0.1, 0.15) is 5.75 Å². The highest BCUT2D eigenvalue weighted by Gasteiger charge is 2.42. The molecule has 0 bridgehead atoms. The Morgan fingerprint density at radius 3 is 1.57 bits per heavy atom. The Bertz CT molecular complexity index is 1940. The first-order chi connectivity index (χ1) is 28.7. The van der Waals surface area contributed by atoms with Crippen molar-refractivity contribution < 1.29 is 9.47 Å². The van der Waals surface area contributed by atoms with Crippen LogP contribution in [-0.4, -0.2) is 17.9 Å². The van der Waals surface area contributed by atoms with E-state index in [4.69, 9.17) is 14.5 Å². The molecule has 1 fully saturated rings. The summed E-state index contributed by atoms with van der Waals surface area (Å²) in [5.74, 6) is 0.876. The van der Waals surface area contributed by atoms with Gasteiger partial charge in [0.15, 0.2) is 6.29 Å². The van der Waals surface area contributed by atoms with E-state index < -0.39 is 0 Å². The number of ether oxygens (including phenoxy) is 2. The van der Waals surface area contributed by atoms with Gasteiger partial charge in [-0.25, -0.2) is 0 Å². The van der Waals surface area contributed by atoms with Gasteiger partial charge in [-0.3, -0.25) is 4.98 Å². The number of unbranched alkanes of at least 4 members (excludes halogenated alkanes) is 14. The van der Waals surface area contributed by atoms with Crippen LogP contribution in [-0.2, 0) is 10.2 Å². The van der Waals surface area contributed by atoms with Gasteiger partial charge in [-0.2, -0.15) is 0 Å². The Kier molecular flexibility index (Phi) is 15.7. The maximum Gasteiger partial charge on any atom is 0.199 e. The molecule has 7 rings (SSSR count). The molecule has 1 aromatic heterocycles. The second-order valence-corrected chi connectivity index (χ2v) is 17.3. The molecule has 2 heterocycles. The summed E-state index contributed by atoms with van der Waals surface area (Å²) < 4.78 is 11.9. The van der Waals surface area contributed by atoms with E-state index in [-0.39, 0.29) is 11.7 Å². The standard InChI is InChI=1S/C55H69NO2/c1-3-5-7-9-11-13-15-19-37-55(38-20-16-14-12-10-8-6-4-2)51-41-46(31-35-49(51)50-36-32-47(42-52(50)55)53-23-17-21-39-56-53)45-27-25-43(26-28-45)44-29-33-48(34-30-44)58-54-24-18-22-40-57-54/h17,21,23,25-36,39,41-42,54H,3-16,18-20,22,24,37-38,40H2,1-2H3. The monoisotopic (exact) mass is 776 g/mol. The van der Waals surface area contributed by atoms with Crippen LogP contribution < -0.4 is 4.74 Å². The molecule has 0 amide bonds. The molecule has 2 aliphatic rings. The average Bonchev–Trinajstić information content (AvgIpc) is 3.54. The number of hydrogen-bond donors (Lipinski definition) is 0. The van der Waals surface area contributed by atoms with Crippen molar-refractivity contribution in [2.24, 2.45) is 0 Å². The predicted octanol–water partition coefficient (Wildman–Crippen LogP) is 16.3. The molecule has 0 saturated carbocycles. The second-order valence-electron chi connectivity index (χ2n) is 17.3. The van der Waals surface area contributed by atoms with Crippen molar-refractivity contribution in [3.8, 4) is 50.4 Å². The summed E-state index contributed by atoms with van der Waals surface area (Å²) in [4.78, 5) is 4.80. The Labute approximate surface area is 351 Å². The molecule has 1 saturated heterocycles. The number of nitrogens with zero attached hydrogens (tertiary/aromatic N) is 1. The molecule has 5 aromatic rings. The third kappa shape index (κ3) is 10.7. The average molecular weight is 776 g/mol. The molecule has 1 atom stereocenters. The van der Waals surface area contributed by atoms with Crippen molar-refractivity contribution in [2.45, 2.75) is 160 Å². The van der Waals surface area contributed by atoms with E-state index in [1.807, 2.05) is 12.3 Å². The first kappa shape index (κ1) is 41.9. The van der Waals surface area contributed by atoms with E-state index >= 15 is 0 Å². The van der Waals surface area contributed by atoms with Crippen molar-refractivity contribution in [1.82, 2.24) is 4.98 Å². The molecule has 3 heteroatoms. The molecule has 306 valence electrons. The van der Waals surface area contributed by atoms with Crippen LogP contribution in [0.2, 0.25) is 0 Å². The Morgan fingerprint density at radius 2 is 1.03 bits per heavy atom. The highest BCUT2D eigenvalue weighted by molar-refractivity contribution is 5.86. The molecule has 0 radical (unpaired) electrons. The van der Waals surface area contributed by atoms with Crippen LogP contribution in [0, 0.1) is 0 Å². The van der Waals surface area contributed by atoms with E-state index in [1.165, 1.54) is 167 Å². The van der Waals surface area contributed by atoms with Crippen LogP contribution in [0.3, 0.4) is 0 Å². The second kappa shape index (κ2) is 21.7. The van der Waals surface area contributed by atoms with Crippen LogP contribution in [0.5, 0.6) is 5.75 Å². The van der Waals surface area contributed by atoms with Gasteiger partial charge in [0, 0.05) is 23.6 Å². The highest BCUT2D eigenvalue weighted by Crippen LogP contribution is 2.55. The fourth-order valence-electron chi connectivity index (χ4n) is 9.69. The van der Waals surface area contributed by atoms with Gasteiger partial charge in [-0.15, -0.1) is 0 Å². The summed E-state index contributed by atoms with van der Waals surface area (Å²) in [6.07, 6.45) is 29.0. The maximum absolute atomic E-state index is 6.11. The topological polar surface area (TPSA) is 31.4 Å². The highest BCUT2D eigenvalue weighted by atomic mass is 16.7. The lowest BCUT2D eigenvalue weighted by atomic mass is 9.70. The zero-order valence-electron chi connectivity index (χ0n) is 35.8. The molecular formula is C55H69NO2. The summed E-state index contributed by atoms with van der Waals surface area (Å²) in [6.45, 7) is 5.42. The zero-order valence-corrected chi connectivity index (χ0v) is 35.8. The van der Waals surface area contributed by atoms with Crippen molar-refractivity contribution in [2.75, 3.05) is 6.61 Å². The quantitative estimate of drug-likeness (QED) is 0.0619. The molecule has 4 aromatic carbocycles. The maximum atomic E-state index is 6.11. The first-order valence-electron chi connectivity index (χ1n) is 23.4. The number of hydrogen-bond acceptors (Lipinski definition) is 3. The minimum atomic E-state index is -0.124. The third-order valence-electron chi connectivity index (χ3n) is 13.0. The molecule has 1 unspecified atom stereocenters. The van der Waals surface area contributed by atoms with Gasteiger partial charge >= 0.3 is 0 Å². The third-order valence-corrected chi connectivity index (χ3v) is 13.0. The largest absolute Gasteiger partial charge is 0.465 e. The Balaban J connectivity index is 1.16. The van der Waals surface area contributed by atoms with E-state index in [9.17, 15) is 0 Å². The number of rotatable bonds is 23. The SMILES string of the molecule is CCCCCCCCCCC1(CCCCCCCCCC)c2cc(-c3ccc(-c4ccc(OC5CCCCO5)cc4)cc3)ccc2-c2ccc(-c3ccccn3)cc21. The summed E-state index contributed by atoms with van der Waals surface area (Å²) in [5, 5.41) is 0. The molecule has 58 heavy (non-hydrogen) atoms. The number of fused-ring (bicyclic) bond motifs is 3. The van der Waals surface area contributed by atoms with Crippen molar-refractivity contribution in [1.29, 1.82) is 0 Å². The minimum absolute atomic E-state index is 0.00229. The lowest BCUT2D eigenvalue weighted by Crippen LogP contribution is -2.25.